The largest absolute Gasteiger partial charge is 0.371 e. The number of anilines is 1. The van der Waals surface area contributed by atoms with Gasteiger partial charge in [-0.25, -0.2) is 0 Å². The second-order valence-corrected chi connectivity index (χ2v) is 7.80. The molecular formula is C24H33N. The van der Waals surface area contributed by atoms with Crippen molar-refractivity contribution in [2.24, 2.45) is 5.41 Å². The standard InChI is InChI=1S/C17H25N.C7H8/c1-4-5-6-15-7-9-16(10-8-15)18-13-11-17(2,3)12-14-18;1-7-5-3-2-4-6-7/h4,7-10H,1,5-6,11-14H2,2-3H3;2-6H,1H3. The maximum absolute atomic E-state index is 3.77. The van der Waals surface area contributed by atoms with Crippen LogP contribution in [0.2, 0.25) is 0 Å². The van der Waals surface area contributed by atoms with E-state index in [1.165, 1.54) is 42.7 Å². The zero-order valence-electron chi connectivity index (χ0n) is 16.2. The highest BCUT2D eigenvalue weighted by molar-refractivity contribution is 5.48. The first kappa shape index (κ1) is 19.3. The zero-order valence-corrected chi connectivity index (χ0v) is 16.2. The molecule has 0 amide bonds. The van der Waals surface area contributed by atoms with E-state index in [9.17, 15) is 0 Å². The predicted molar refractivity (Wildman–Crippen MR) is 111 cm³/mol. The Bertz CT molecular complexity index is 615. The smallest absolute Gasteiger partial charge is 0.0366 e. The van der Waals surface area contributed by atoms with Gasteiger partial charge in [-0.2, -0.15) is 0 Å². The first-order valence-electron chi connectivity index (χ1n) is 9.47. The maximum atomic E-state index is 3.77. The molecule has 134 valence electrons. The SMILES string of the molecule is C=CCCc1ccc(N2CCC(C)(C)CC2)cc1.Cc1ccccc1. The van der Waals surface area contributed by atoms with E-state index >= 15 is 0 Å². The van der Waals surface area contributed by atoms with Gasteiger partial charge in [0.05, 0.1) is 0 Å². The third-order valence-corrected chi connectivity index (χ3v) is 5.00. The minimum absolute atomic E-state index is 0.528. The molecule has 1 fully saturated rings. The summed E-state index contributed by atoms with van der Waals surface area (Å²) >= 11 is 0. The van der Waals surface area contributed by atoms with Crippen molar-refractivity contribution in [1.82, 2.24) is 0 Å². The molecule has 1 saturated heterocycles. The van der Waals surface area contributed by atoms with Crippen molar-refractivity contribution in [1.29, 1.82) is 0 Å². The van der Waals surface area contributed by atoms with Gasteiger partial charge in [-0.1, -0.05) is 68.0 Å². The van der Waals surface area contributed by atoms with Crippen LogP contribution in [0.25, 0.3) is 0 Å². The maximum Gasteiger partial charge on any atom is 0.0366 e. The first-order chi connectivity index (χ1) is 12.0. The lowest BCUT2D eigenvalue weighted by atomic mass is 9.82. The number of piperidine rings is 1. The number of hydrogen-bond acceptors (Lipinski definition) is 1. The summed E-state index contributed by atoms with van der Waals surface area (Å²) in [5.41, 5.74) is 4.65. The molecule has 0 bridgehead atoms. The van der Waals surface area contributed by atoms with Crippen molar-refractivity contribution in [3.8, 4) is 0 Å². The molecule has 0 spiro atoms. The van der Waals surface area contributed by atoms with Gasteiger partial charge < -0.3 is 4.90 Å². The third-order valence-electron chi connectivity index (χ3n) is 5.00. The molecule has 25 heavy (non-hydrogen) atoms. The van der Waals surface area contributed by atoms with Gasteiger partial charge in [0.1, 0.15) is 0 Å². The molecule has 1 aliphatic rings. The highest BCUT2D eigenvalue weighted by Crippen LogP contribution is 2.32. The van der Waals surface area contributed by atoms with Gasteiger partial charge >= 0.3 is 0 Å². The van der Waals surface area contributed by atoms with Crippen molar-refractivity contribution < 1.29 is 0 Å². The Hall–Kier alpha value is -2.02. The van der Waals surface area contributed by atoms with E-state index in [1.54, 1.807) is 0 Å². The molecule has 0 radical (unpaired) electrons. The van der Waals surface area contributed by atoms with Crippen molar-refractivity contribution in [3.05, 3.63) is 78.4 Å². The Morgan fingerprint density at radius 2 is 1.56 bits per heavy atom. The van der Waals surface area contributed by atoms with E-state index < -0.39 is 0 Å². The van der Waals surface area contributed by atoms with Crippen molar-refractivity contribution in [3.63, 3.8) is 0 Å². The lowest BCUT2D eigenvalue weighted by molar-refractivity contribution is 0.280. The van der Waals surface area contributed by atoms with Gasteiger partial charge in [0, 0.05) is 18.8 Å². The van der Waals surface area contributed by atoms with E-state index in [-0.39, 0.29) is 0 Å². The number of aryl methyl sites for hydroxylation is 2. The fourth-order valence-corrected chi connectivity index (χ4v) is 3.05. The normalized spacial score (nSPS) is 15.9. The van der Waals surface area contributed by atoms with Crippen molar-refractivity contribution in [2.45, 2.75) is 46.5 Å². The predicted octanol–water partition coefficient (Wildman–Crippen LogP) is 6.43. The first-order valence-corrected chi connectivity index (χ1v) is 9.47. The molecule has 0 atom stereocenters. The summed E-state index contributed by atoms with van der Waals surface area (Å²) in [6.07, 6.45) is 6.76. The van der Waals surface area contributed by atoms with Crippen LogP contribution < -0.4 is 4.90 Å². The molecule has 2 aromatic rings. The van der Waals surface area contributed by atoms with E-state index in [1.807, 2.05) is 24.3 Å². The lowest BCUT2D eigenvalue weighted by Gasteiger charge is -2.38. The average Bonchev–Trinajstić information content (AvgIpc) is 2.62. The minimum atomic E-state index is 0.528. The van der Waals surface area contributed by atoms with Crippen LogP contribution in [0.5, 0.6) is 0 Å². The van der Waals surface area contributed by atoms with Crippen LogP contribution in [0.3, 0.4) is 0 Å². The van der Waals surface area contributed by atoms with Gasteiger partial charge in [0.2, 0.25) is 0 Å². The van der Waals surface area contributed by atoms with Crippen molar-refractivity contribution in [2.75, 3.05) is 18.0 Å². The number of allylic oxidation sites excluding steroid dienone is 1. The average molecular weight is 336 g/mol. The van der Waals surface area contributed by atoms with Gasteiger partial charge in [0.15, 0.2) is 0 Å². The Kier molecular flexibility index (Phi) is 7.31. The number of rotatable bonds is 4. The Morgan fingerprint density at radius 3 is 2.04 bits per heavy atom. The van der Waals surface area contributed by atoms with Gasteiger partial charge in [-0.15, -0.1) is 6.58 Å². The van der Waals surface area contributed by atoms with Crippen LogP contribution in [-0.4, -0.2) is 13.1 Å². The number of hydrogen-bond donors (Lipinski definition) is 0. The van der Waals surface area contributed by atoms with Gasteiger partial charge in [0.25, 0.3) is 0 Å². The molecule has 3 rings (SSSR count). The van der Waals surface area contributed by atoms with Crippen LogP contribution in [-0.2, 0) is 6.42 Å². The molecule has 1 heterocycles. The molecule has 1 heteroatoms. The topological polar surface area (TPSA) is 3.24 Å². The summed E-state index contributed by atoms with van der Waals surface area (Å²) in [6, 6.07) is 19.3. The Morgan fingerprint density at radius 1 is 0.960 bits per heavy atom. The summed E-state index contributed by atoms with van der Waals surface area (Å²) in [7, 11) is 0. The highest BCUT2D eigenvalue weighted by atomic mass is 15.1. The molecule has 0 unspecified atom stereocenters. The van der Waals surface area contributed by atoms with Crippen LogP contribution >= 0.6 is 0 Å². The van der Waals surface area contributed by atoms with Crippen molar-refractivity contribution >= 4 is 5.69 Å². The minimum Gasteiger partial charge on any atom is -0.371 e. The number of benzene rings is 2. The summed E-state index contributed by atoms with van der Waals surface area (Å²) < 4.78 is 0. The fourth-order valence-electron chi connectivity index (χ4n) is 3.05. The summed E-state index contributed by atoms with van der Waals surface area (Å²) in [5, 5.41) is 0. The second-order valence-electron chi connectivity index (χ2n) is 7.80. The number of nitrogens with zero attached hydrogens (tertiary/aromatic N) is 1. The van der Waals surface area contributed by atoms with Crippen LogP contribution in [0.1, 0.15) is 44.2 Å². The Balaban J connectivity index is 0.000000269. The Labute approximate surface area is 154 Å². The van der Waals surface area contributed by atoms with Gasteiger partial charge in [-0.3, -0.25) is 0 Å². The molecule has 2 aromatic carbocycles. The zero-order chi connectivity index (χ0) is 18.1. The molecular weight excluding hydrogens is 302 g/mol. The van der Waals surface area contributed by atoms with Gasteiger partial charge in [-0.05, 0) is 55.7 Å². The molecule has 0 N–H and O–H groups in total. The summed E-state index contributed by atoms with van der Waals surface area (Å²) in [4.78, 5) is 2.52. The van der Waals surface area contributed by atoms with E-state index in [4.69, 9.17) is 0 Å². The molecule has 1 aliphatic heterocycles. The second kappa shape index (κ2) is 9.46. The van der Waals surface area contributed by atoms with E-state index in [0.29, 0.717) is 5.41 Å². The summed E-state index contributed by atoms with van der Waals surface area (Å²) in [6.45, 7) is 13.0. The van der Waals surface area contributed by atoms with E-state index in [2.05, 4.69) is 68.6 Å². The highest BCUT2D eigenvalue weighted by Gasteiger charge is 2.25. The molecule has 0 aromatic heterocycles. The fraction of sp³-hybridized carbons (Fsp3) is 0.417. The van der Waals surface area contributed by atoms with Crippen LogP contribution in [0.15, 0.2) is 67.3 Å². The quantitative estimate of drug-likeness (QED) is 0.582. The van der Waals surface area contributed by atoms with E-state index in [0.717, 1.165) is 12.8 Å². The summed E-state index contributed by atoms with van der Waals surface area (Å²) in [5.74, 6) is 0. The lowest BCUT2D eigenvalue weighted by Crippen LogP contribution is -2.37. The molecule has 0 aliphatic carbocycles. The van der Waals surface area contributed by atoms with Crippen LogP contribution in [0.4, 0.5) is 5.69 Å². The molecule has 0 saturated carbocycles. The third kappa shape index (κ3) is 6.78. The monoisotopic (exact) mass is 335 g/mol. The van der Waals surface area contributed by atoms with Crippen LogP contribution in [0, 0.1) is 12.3 Å². The molecule has 1 nitrogen and oxygen atoms in total.